The lowest BCUT2D eigenvalue weighted by atomic mass is 10.2. The number of hydrogen-bond acceptors (Lipinski definition) is 3. The maximum atomic E-state index is 11.6. The zero-order chi connectivity index (χ0) is 13.4. The van der Waals surface area contributed by atoms with E-state index in [2.05, 4.69) is 10.6 Å². The van der Waals surface area contributed by atoms with E-state index in [4.69, 9.17) is 4.74 Å². The third-order valence-corrected chi connectivity index (χ3v) is 2.37. The molecule has 2 amide bonds. The summed E-state index contributed by atoms with van der Waals surface area (Å²) < 4.78 is 4.79. The van der Waals surface area contributed by atoms with E-state index in [-0.39, 0.29) is 18.2 Å². The summed E-state index contributed by atoms with van der Waals surface area (Å²) in [6.45, 7) is 2.74. The molecule has 98 valence electrons. The number of benzene rings is 1. The van der Waals surface area contributed by atoms with Gasteiger partial charge in [-0.15, -0.1) is 0 Å². The molecular weight excluding hydrogens is 232 g/mol. The number of aryl methyl sites for hydroxylation is 1. The number of ether oxygens (including phenoxy) is 1. The first-order chi connectivity index (χ1) is 8.63. The van der Waals surface area contributed by atoms with Gasteiger partial charge in [0.25, 0.3) is 0 Å². The first kappa shape index (κ1) is 14.2. The molecule has 5 heteroatoms. The van der Waals surface area contributed by atoms with E-state index in [0.29, 0.717) is 13.2 Å². The van der Waals surface area contributed by atoms with Crippen LogP contribution in [0.25, 0.3) is 0 Å². The van der Waals surface area contributed by atoms with Crippen LogP contribution in [0.1, 0.15) is 12.0 Å². The summed E-state index contributed by atoms with van der Waals surface area (Å²) in [5, 5.41) is 5.29. The van der Waals surface area contributed by atoms with Gasteiger partial charge < -0.3 is 15.4 Å². The Morgan fingerprint density at radius 2 is 1.94 bits per heavy atom. The van der Waals surface area contributed by atoms with E-state index in [9.17, 15) is 9.59 Å². The van der Waals surface area contributed by atoms with Crippen LogP contribution in [0.4, 0.5) is 5.69 Å². The number of carbonyl (C=O) groups is 2. The van der Waals surface area contributed by atoms with Crippen LogP contribution in [0.15, 0.2) is 24.3 Å². The van der Waals surface area contributed by atoms with Gasteiger partial charge in [0.2, 0.25) is 11.8 Å². The molecular formula is C13H18N2O3. The summed E-state index contributed by atoms with van der Waals surface area (Å²) in [6, 6.07) is 7.42. The van der Waals surface area contributed by atoms with Crippen molar-refractivity contribution in [1.29, 1.82) is 0 Å². The molecule has 0 bridgehead atoms. The highest BCUT2D eigenvalue weighted by Crippen LogP contribution is 2.13. The van der Waals surface area contributed by atoms with Crippen molar-refractivity contribution in [2.45, 2.75) is 13.3 Å². The first-order valence-electron chi connectivity index (χ1n) is 5.74. The molecule has 0 atom stereocenters. The van der Waals surface area contributed by atoms with Crippen molar-refractivity contribution in [3.8, 4) is 0 Å². The topological polar surface area (TPSA) is 67.4 Å². The molecule has 0 aliphatic heterocycles. The molecule has 0 aromatic heterocycles. The van der Waals surface area contributed by atoms with Gasteiger partial charge in [0.05, 0.1) is 6.61 Å². The van der Waals surface area contributed by atoms with Crippen molar-refractivity contribution in [2.24, 2.45) is 0 Å². The number of hydrogen-bond donors (Lipinski definition) is 2. The zero-order valence-electron chi connectivity index (χ0n) is 10.7. The van der Waals surface area contributed by atoms with Crippen LogP contribution in [-0.2, 0) is 14.3 Å². The lowest BCUT2D eigenvalue weighted by molar-refractivity contribution is -0.126. The van der Waals surface area contributed by atoms with Gasteiger partial charge in [-0.25, -0.2) is 0 Å². The number of carbonyl (C=O) groups excluding carboxylic acids is 2. The van der Waals surface area contributed by atoms with Crippen molar-refractivity contribution in [3.63, 3.8) is 0 Å². The number of para-hydroxylation sites is 1. The van der Waals surface area contributed by atoms with Crippen LogP contribution in [0.2, 0.25) is 0 Å². The van der Waals surface area contributed by atoms with Gasteiger partial charge in [-0.05, 0) is 18.6 Å². The Bertz CT molecular complexity index is 418. The van der Waals surface area contributed by atoms with Crippen molar-refractivity contribution in [1.82, 2.24) is 5.32 Å². The van der Waals surface area contributed by atoms with E-state index in [1.807, 2.05) is 25.1 Å². The fraction of sp³-hybridized carbons (Fsp3) is 0.385. The number of amides is 2. The molecule has 0 aliphatic carbocycles. The van der Waals surface area contributed by atoms with Crippen LogP contribution in [-0.4, -0.2) is 32.1 Å². The standard InChI is InChI=1S/C13H18N2O3/c1-10-5-3-4-6-11(10)15-13(17)9-12(16)14-7-8-18-2/h3-6H,7-9H2,1-2H3,(H,14,16)(H,15,17). The summed E-state index contributed by atoms with van der Waals surface area (Å²) in [7, 11) is 1.55. The minimum absolute atomic E-state index is 0.182. The second-order valence-electron chi connectivity index (χ2n) is 3.88. The molecule has 0 heterocycles. The fourth-order valence-electron chi connectivity index (χ4n) is 1.41. The Morgan fingerprint density at radius 1 is 1.22 bits per heavy atom. The van der Waals surface area contributed by atoms with Crippen LogP contribution in [0, 0.1) is 6.92 Å². The third-order valence-electron chi connectivity index (χ3n) is 2.37. The molecule has 0 saturated heterocycles. The van der Waals surface area contributed by atoms with Crippen molar-refractivity contribution in [3.05, 3.63) is 29.8 Å². The molecule has 0 radical (unpaired) electrons. The van der Waals surface area contributed by atoms with Gasteiger partial charge in [0.1, 0.15) is 6.42 Å². The van der Waals surface area contributed by atoms with E-state index in [0.717, 1.165) is 11.3 Å². The quantitative estimate of drug-likeness (QED) is 0.586. The molecule has 0 unspecified atom stereocenters. The fourth-order valence-corrected chi connectivity index (χ4v) is 1.41. The predicted molar refractivity (Wildman–Crippen MR) is 69.3 cm³/mol. The zero-order valence-corrected chi connectivity index (χ0v) is 10.7. The van der Waals surface area contributed by atoms with Gasteiger partial charge in [-0.2, -0.15) is 0 Å². The molecule has 1 aromatic carbocycles. The highest BCUT2D eigenvalue weighted by Gasteiger charge is 2.09. The maximum Gasteiger partial charge on any atom is 0.233 e. The molecule has 2 N–H and O–H groups in total. The van der Waals surface area contributed by atoms with Crippen LogP contribution < -0.4 is 10.6 Å². The molecule has 0 saturated carbocycles. The maximum absolute atomic E-state index is 11.6. The van der Waals surface area contributed by atoms with Crippen molar-refractivity contribution in [2.75, 3.05) is 25.6 Å². The average molecular weight is 250 g/mol. The molecule has 5 nitrogen and oxygen atoms in total. The number of anilines is 1. The predicted octanol–water partition coefficient (Wildman–Crippen LogP) is 1.09. The number of nitrogens with one attached hydrogen (secondary N) is 2. The second kappa shape index (κ2) is 7.45. The smallest absolute Gasteiger partial charge is 0.233 e. The average Bonchev–Trinajstić information content (AvgIpc) is 2.32. The van der Waals surface area contributed by atoms with Gasteiger partial charge in [-0.1, -0.05) is 18.2 Å². The Morgan fingerprint density at radius 3 is 2.61 bits per heavy atom. The largest absolute Gasteiger partial charge is 0.383 e. The lowest BCUT2D eigenvalue weighted by Gasteiger charge is -2.08. The van der Waals surface area contributed by atoms with Gasteiger partial charge >= 0.3 is 0 Å². The molecule has 1 rings (SSSR count). The van der Waals surface area contributed by atoms with Gasteiger partial charge in [-0.3, -0.25) is 9.59 Å². The van der Waals surface area contributed by atoms with Crippen molar-refractivity contribution >= 4 is 17.5 Å². The van der Waals surface area contributed by atoms with Gasteiger partial charge in [0.15, 0.2) is 0 Å². The van der Waals surface area contributed by atoms with Crippen LogP contribution >= 0.6 is 0 Å². The Balaban J connectivity index is 2.38. The normalized spacial score (nSPS) is 9.89. The van der Waals surface area contributed by atoms with Crippen LogP contribution in [0.5, 0.6) is 0 Å². The first-order valence-corrected chi connectivity index (χ1v) is 5.74. The minimum Gasteiger partial charge on any atom is -0.383 e. The van der Waals surface area contributed by atoms with E-state index in [1.165, 1.54) is 0 Å². The molecule has 0 fully saturated rings. The Hall–Kier alpha value is -1.88. The SMILES string of the molecule is COCCNC(=O)CC(=O)Nc1ccccc1C. The third kappa shape index (κ3) is 4.97. The number of rotatable bonds is 6. The monoisotopic (exact) mass is 250 g/mol. The summed E-state index contributed by atoms with van der Waals surface area (Å²) in [4.78, 5) is 23.0. The molecule has 0 spiro atoms. The molecule has 1 aromatic rings. The molecule has 18 heavy (non-hydrogen) atoms. The van der Waals surface area contributed by atoms with E-state index >= 15 is 0 Å². The van der Waals surface area contributed by atoms with E-state index in [1.54, 1.807) is 13.2 Å². The minimum atomic E-state index is -0.320. The summed E-state index contributed by atoms with van der Waals surface area (Å²) >= 11 is 0. The highest BCUT2D eigenvalue weighted by molar-refractivity contribution is 6.03. The molecule has 0 aliphatic rings. The lowest BCUT2D eigenvalue weighted by Crippen LogP contribution is -2.30. The summed E-state index contributed by atoms with van der Waals surface area (Å²) in [6.07, 6.45) is -0.182. The van der Waals surface area contributed by atoms with E-state index < -0.39 is 0 Å². The Labute approximate surface area is 107 Å². The summed E-state index contributed by atoms with van der Waals surface area (Å²) in [5.41, 5.74) is 1.69. The Kier molecular flexibility index (Phi) is 5.87. The second-order valence-corrected chi connectivity index (χ2v) is 3.88. The highest BCUT2D eigenvalue weighted by atomic mass is 16.5. The van der Waals surface area contributed by atoms with Crippen molar-refractivity contribution < 1.29 is 14.3 Å². The van der Waals surface area contributed by atoms with Crippen LogP contribution in [0.3, 0.4) is 0 Å². The van der Waals surface area contributed by atoms with Gasteiger partial charge in [0, 0.05) is 19.3 Å². The summed E-state index contributed by atoms with van der Waals surface area (Å²) in [5.74, 6) is -0.627. The number of methoxy groups -OCH3 is 1.